The second kappa shape index (κ2) is 6.89. The van der Waals surface area contributed by atoms with Crippen LogP contribution in [0.5, 0.6) is 0 Å². The van der Waals surface area contributed by atoms with Crippen LogP contribution in [-0.4, -0.2) is 18.2 Å². The van der Waals surface area contributed by atoms with E-state index in [-0.39, 0.29) is 5.82 Å². The third kappa shape index (κ3) is 6.57. The van der Waals surface area contributed by atoms with Crippen molar-refractivity contribution in [2.75, 3.05) is 6.54 Å². The van der Waals surface area contributed by atoms with E-state index in [1.807, 2.05) is 20.8 Å². The third-order valence-corrected chi connectivity index (χ3v) is 2.80. The van der Waals surface area contributed by atoms with Crippen LogP contribution in [0, 0.1) is 5.82 Å². The molecule has 0 aliphatic carbocycles. The lowest BCUT2D eigenvalue weighted by atomic mass is 10.1. The molecule has 1 N–H and O–H groups in total. The summed E-state index contributed by atoms with van der Waals surface area (Å²) >= 11 is 3.21. The van der Waals surface area contributed by atoms with Gasteiger partial charge in [0.05, 0.1) is 0 Å². The first-order valence-electron chi connectivity index (χ1n) is 6.19. The maximum Gasteiger partial charge on any atom is 0.407 e. The summed E-state index contributed by atoms with van der Waals surface area (Å²) in [6, 6.07) is 4.99. The molecule has 1 aromatic carbocycles. The number of ether oxygens (including phenoxy) is 1. The molecular formula is C14H19BrFNO2. The van der Waals surface area contributed by atoms with E-state index in [0.717, 1.165) is 4.47 Å². The van der Waals surface area contributed by atoms with Gasteiger partial charge >= 0.3 is 6.09 Å². The predicted octanol–water partition coefficient (Wildman–Crippen LogP) is 4.05. The van der Waals surface area contributed by atoms with Gasteiger partial charge in [-0.1, -0.05) is 22.0 Å². The first-order chi connectivity index (χ1) is 8.78. The largest absolute Gasteiger partial charge is 0.444 e. The van der Waals surface area contributed by atoms with Crippen molar-refractivity contribution in [3.8, 4) is 0 Å². The Hall–Kier alpha value is -1.10. The van der Waals surface area contributed by atoms with Crippen LogP contribution in [0.4, 0.5) is 9.18 Å². The van der Waals surface area contributed by atoms with E-state index in [1.165, 1.54) is 6.07 Å². The molecule has 0 aliphatic heterocycles. The van der Waals surface area contributed by atoms with Gasteiger partial charge in [0.25, 0.3) is 0 Å². The van der Waals surface area contributed by atoms with Gasteiger partial charge in [0.2, 0.25) is 0 Å². The van der Waals surface area contributed by atoms with Crippen LogP contribution < -0.4 is 5.32 Å². The molecule has 0 spiro atoms. The van der Waals surface area contributed by atoms with Gasteiger partial charge in [0.1, 0.15) is 11.4 Å². The highest BCUT2D eigenvalue weighted by Crippen LogP contribution is 2.16. The number of nitrogens with one attached hydrogen (secondary N) is 1. The van der Waals surface area contributed by atoms with Gasteiger partial charge in [-0.2, -0.15) is 0 Å². The fourth-order valence-corrected chi connectivity index (χ4v) is 1.84. The zero-order chi connectivity index (χ0) is 14.5. The molecule has 5 heteroatoms. The number of carbonyl (C=O) groups excluding carboxylic acids is 1. The Morgan fingerprint density at radius 3 is 2.68 bits per heavy atom. The fourth-order valence-electron chi connectivity index (χ4n) is 1.51. The number of alkyl carbamates (subject to hydrolysis) is 1. The topological polar surface area (TPSA) is 38.3 Å². The van der Waals surface area contributed by atoms with E-state index < -0.39 is 11.7 Å². The van der Waals surface area contributed by atoms with E-state index in [9.17, 15) is 9.18 Å². The standard InChI is InChI=1S/C14H19BrFNO2/c1-14(2,3)19-13(18)17-8-4-5-10-6-7-11(15)9-12(10)16/h6-7,9H,4-5,8H2,1-3H3,(H,17,18). The molecule has 0 saturated heterocycles. The first kappa shape index (κ1) is 16.0. The van der Waals surface area contributed by atoms with Gasteiger partial charge in [-0.05, 0) is 51.3 Å². The molecule has 3 nitrogen and oxygen atoms in total. The minimum atomic E-state index is -0.498. The second-order valence-electron chi connectivity index (χ2n) is 5.27. The number of carbonyl (C=O) groups is 1. The SMILES string of the molecule is CC(C)(C)OC(=O)NCCCc1ccc(Br)cc1F. The Kier molecular flexibility index (Phi) is 5.79. The van der Waals surface area contributed by atoms with Crippen LogP contribution in [0.2, 0.25) is 0 Å². The molecule has 0 radical (unpaired) electrons. The minimum absolute atomic E-state index is 0.230. The lowest BCUT2D eigenvalue weighted by Crippen LogP contribution is -2.33. The highest BCUT2D eigenvalue weighted by atomic mass is 79.9. The minimum Gasteiger partial charge on any atom is -0.444 e. The summed E-state index contributed by atoms with van der Waals surface area (Å²) in [6.45, 7) is 5.89. The molecule has 19 heavy (non-hydrogen) atoms. The van der Waals surface area contributed by atoms with Gasteiger partial charge in [-0.3, -0.25) is 0 Å². The molecule has 0 saturated carbocycles. The first-order valence-corrected chi connectivity index (χ1v) is 6.98. The summed E-state index contributed by atoms with van der Waals surface area (Å²) < 4.78 is 19.3. The number of benzene rings is 1. The number of halogens is 2. The zero-order valence-electron chi connectivity index (χ0n) is 11.4. The van der Waals surface area contributed by atoms with Crippen LogP contribution >= 0.6 is 15.9 Å². The molecule has 106 valence electrons. The Morgan fingerprint density at radius 2 is 2.11 bits per heavy atom. The molecule has 0 aliphatic rings. The van der Waals surface area contributed by atoms with E-state index in [0.29, 0.717) is 24.9 Å². The van der Waals surface area contributed by atoms with Crippen LogP contribution in [0.3, 0.4) is 0 Å². The highest BCUT2D eigenvalue weighted by molar-refractivity contribution is 9.10. The van der Waals surface area contributed by atoms with Gasteiger partial charge in [-0.15, -0.1) is 0 Å². The molecular weight excluding hydrogens is 313 g/mol. The summed E-state index contributed by atoms with van der Waals surface area (Å²) in [5.74, 6) is -0.230. The fraction of sp³-hybridized carbons (Fsp3) is 0.500. The predicted molar refractivity (Wildman–Crippen MR) is 76.7 cm³/mol. The number of hydrogen-bond donors (Lipinski definition) is 1. The van der Waals surface area contributed by atoms with Crippen molar-refractivity contribution in [1.82, 2.24) is 5.32 Å². The summed E-state index contributed by atoms with van der Waals surface area (Å²) in [5.41, 5.74) is 0.149. The van der Waals surface area contributed by atoms with Crippen LogP contribution in [0.15, 0.2) is 22.7 Å². The van der Waals surface area contributed by atoms with Gasteiger partial charge in [0.15, 0.2) is 0 Å². The summed E-state index contributed by atoms with van der Waals surface area (Å²) in [5, 5.41) is 2.65. The summed E-state index contributed by atoms with van der Waals surface area (Å²) in [6.07, 6.45) is 0.802. The van der Waals surface area contributed by atoms with Crippen molar-refractivity contribution < 1.29 is 13.9 Å². The number of rotatable bonds is 4. The van der Waals surface area contributed by atoms with Gasteiger partial charge in [-0.25, -0.2) is 9.18 Å². The molecule has 0 atom stereocenters. The quantitative estimate of drug-likeness (QED) is 0.845. The average molecular weight is 332 g/mol. The van der Waals surface area contributed by atoms with Crippen molar-refractivity contribution >= 4 is 22.0 Å². The normalized spacial score (nSPS) is 11.2. The molecule has 0 bridgehead atoms. The van der Waals surface area contributed by atoms with Gasteiger partial charge < -0.3 is 10.1 Å². The van der Waals surface area contributed by atoms with E-state index in [4.69, 9.17) is 4.74 Å². The van der Waals surface area contributed by atoms with E-state index in [1.54, 1.807) is 12.1 Å². The number of amides is 1. The Labute approximate surface area is 121 Å². The van der Waals surface area contributed by atoms with Crippen LogP contribution in [0.25, 0.3) is 0 Å². The Morgan fingerprint density at radius 1 is 1.42 bits per heavy atom. The van der Waals surface area contributed by atoms with Crippen molar-refractivity contribution in [2.24, 2.45) is 0 Å². The average Bonchev–Trinajstić information content (AvgIpc) is 2.24. The highest BCUT2D eigenvalue weighted by Gasteiger charge is 2.15. The maximum atomic E-state index is 13.5. The monoisotopic (exact) mass is 331 g/mol. The third-order valence-electron chi connectivity index (χ3n) is 2.31. The summed E-state index contributed by atoms with van der Waals surface area (Å²) in [4.78, 5) is 11.4. The lowest BCUT2D eigenvalue weighted by molar-refractivity contribution is 0.0527. The van der Waals surface area contributed by atoms with E-state index in [2.05, 4.69) is 21.2 Å². The second-order valence-corrected chi connectivity index (χ2v) is 6.18. The van der Waals surface area contributed by atoms with Crippen molar-refractivity contribution in [1.29, 1.82) is 0 Å². The molecule has 1 amide bonds. The molecule has 0 unspecified atom stereocenters. The molecule has 0 heterocycles. The number of hydrogen-bond acceptors (Lipinski definition) is 2. The summed E-state index contributed by atoms with van der Waals surface area (Å²) in [7, 11) is 0. The van der Waals surface area contributed by atoms with Crippen LogP contribution in [0.1, 0.15) is 32.8 Å². The van der Waals surface area contributed by atoms with E-state index >= 15 is 0 Å². The maximum absolute atomic E-state index is 13.5. The zero-order valence-corrected chi connectivity index (χ0v) is 13.0. The molecule has 0 aromatic heterocycles. The van der Waals surface area contributed by atoms with Crippen molar-refractivity contribution in [2.45, 2.75) is 39.2 Å². The number of aryl methyl sites for hydroxylation is 1. The molecule has 1 aromatic rings. The molecule has 0 fully saturated rings. The van der Waals surface area contributed by atoms with Crippen molar-refractivity contribution in [3.63, 3.8) is 0 Å². The van der Waals surface area contributed by atoms with Gasteiger partial charge in [0, 0.05) is 11.0 Å². The smallest absolute Gasteiger partial charge is 0.407 e. The Balaban J connectivity index is 2.29. The molecule has 1 rings (SSSR count). The van der Waals surface area contributed by atoms with Crippen LogP contribution in [-0.2, 0) is 11.2 Å². The van der Waals surface area contributed by atoms with Crippen molar-refractivity contribution in [3.05, 3.63) is 34.1 Å². The lowest BCUT2D eigenvalue weighted by Gasteiger charge is -2.19. The Bertz CT molecular complexity index is 444.